The number of benzene rings is 4. The number of hydrogen-bond donors (Lipinski definition) is 2. The summed E-state index contributed by atoms with van der Waals surface area (Å²) in [4.78, 5) is 46.6. The minimum atomic E-state index is -4.80. The van der Waals surface area contributed by atoms with E-state index in [0.29, 0.717) is 33.4 Å². The van der Waals surface area contributed by atoms with Crippen LogP contribution in [0.5, 0.6) is 0 Å². The van der Waals surface area contributed by atoms with Crippen molar-refractivity contribution < 1.29 is 114 Å². The maximum atomic E-state index is 12.5. The molecule has 0 bridgehead atoms. The fourth-order valence-electron chi connectivity index (χ4n) is 5.42. The number of ketones is 2. The Kier molecular flexibility index (Phi) is 15.4. The van der Waals surface area contributed by atoms with Crippen LogP contribution in [0.4, 0.5) is 11.4 Å². The van der Waals surface area contributed by atoms with Gasteiger partial charge < -0.3 is 19.3 Å². The second-order valence-electron chi connectivity index (χ2n) is 11.8. The number of nitrogens with zero attached hydrogens (tertiary/aromatic N) is 4. The van der Waals surface area contributed by atoms with Gasteiger partial charge in [0.05, 0.1) is 9.79 Å². The van der Waals surface area contributed by atoms with Crippen LogP contribution in [0, 0.1) is 13.8 Å². The van der Waals surface area contributed by atoms with Gasteiger partial charge in [-0.05, 0) is 83.6 Å². The van der Waals surface area contributed by atoms with Crippen molar-refractivity contribution in [3.05, 3.63) is 129 Å². The quantitative estimate of drug-likeness (QED) is 0.0992. The number of carbonyl (C=O) groups is 4. The molecule has 0 aromatic heterocycles. The van der Waals surface area contributed by atoms with Crippen LogP contribution in [0.3, 0.4) is 0 Å². The summed E-state index contributed by atoms with van der Waals surface area (Å²) in [6.07, 6.45) is 2.51. The summed E-state index contributed by atoms with van der Waals surface area (Å²) in [6.45, 7) is 3.22. The van der Waals surface area contributed by atoms with E-state index >= 15 is 0 Å². The summed E-state index contributed by atoms with van der Waals surface area (Å²) in [7, 11) is -9.60. The van der Waals surface area contributed by atoms with Gasteiger partial charge in [-0.25, -0.2) is 26.4 Å². The standard InChI is InChI=1S/2C18H14N2O6S.2Na/c2*1-10-6-7-14(15(8-10)27(24,25)26)19-20-16-12-5-3-2-4-11(12)9-13(17(16)21)18(22)23;;/h2*2-9,16H,1H3,(H,22,23)(H,24,25,26);;/q;;2*+1/p-2. The fraction of sp³-hybridized carbons (Fsp3) is 0.111. The van der Waals surface area contributed by atoms with E-state index in [2.05, 4.69) is 20.5 Å². The number of rotatable bonds is 8. The zero-order chi connectivity index (χ0) is 39.5. The molecule has 4 aromatic rings. The molecule has 276 valence electrons. The molecule has 0 saturated carbocycles. The van der Waals surface area contributed by atoms with E-state index in [1.165, 1.54) is 24.3 Å². The molecular formula is C36H26N4Na2O12S2. The Morgan fingerprint density at radius 2 is 0.929 bits per heavy atom. The van der Waals surface area contributed by atoms with E-state index < -0.39 is 76.8 Å². The molecule has 4 aromatic carbocycles. The molecule has 56 heavy (non-hydrogen) atoms. The molecule has 2 unspecified atom stereocenters. The minimum absolute atomic E-state index is 0. The van der Waals surface area contributed by atoms with Crippen molar-refractivity contribution >= 4 is 67.3 Å². The van der Waals surface area contributed by atoms with Gasteiger partial charge in [0.2, 0.25) is 11.6 Å². The van der Waals surface area contributed by atoms with Crippen molar-refractivity contribution in [1.29, 1.82) is 0 Å². The molecule has 0 amide bonds. The van der Waals surface area contributed by atoms with Gasteiger partial charge in [-0.1, -0.05) is 60.7 Å². The third-order valence-electron chi connectivity index (χ3n) is 8.00. The van der Waals surface area contributed by atoms with E-state index in [0.717, 1.165) is 12.1 Å². The van der Waals surface area contributed by atoms with Crippen LogP contribution in [0.2, 0.25) is 0 Å². The fourth-order valence-corrected chi connectivity index (χ4v) is 6.82. The van der Waals surface area contributed by atoms with Gasteiger partial charge in [-0.3, -0.25) is 9.59 Å². The first-order valence-corrected chi connectivity index (χ1v) is 18.3. The molecule has 0 heterocycles. The Hall–Kier alpha value is -4.34. The number of carboxylic acid groups (broad SMARTS) is 2. The maximum Gasteiger partial charge on any atom is 1.00 e. The van der Waals surface area contributed by atoms with Gasteiger partial charge in [0.25, 0.3) is 0 Å². The Labute approximate surface area is 364 Å². The number of carbonyl (C=O) groups excluding carboxylic acids is 2. The van der Waals surface area contributed by atoms with Gasteiger partial charge >= 0.3 is 71.1 Å². The molecule has 2 aliphatic rings. The van der Waals surface area contributed by atoms with Crippen molar-refractivity contribution in [2.45, 2.75) is 35.7 Å². The zero-order valence-corrected chi connectivity index (χ0v) is 35.6. The number of carboxylic acids is 2. The average molecular weight is 817 g/mol. The summed E-state index contributed by atoms with van der Waals surface area (Å²) in [5.74, 6) is -4.34. The normalized spacial score (nSPS) is 16.3. The summed E-state index contributed by atoms with van der Waals surface area (Å²) >= 11 is 0. The molecule has 6 rings (SSSR count). The minimum Gasteiger partial charge on any atom is -0.744 e. The Bertz CT molecular complexity index is 2430. The van der Waals surface area contributed by atoms with Gasteiger partial charge in [0, 0.05) is 0 Å². The Balaban J connectivity index is 0.000000290. The van der Waals surface area contributed by atoms with Crippen LogP contribution in [0.15, 0.2) is 126 Å². The first-order valence-electron chi connectivity index (χ1n) is 15.5. The molecular weight excluding hydrogens is 791 g/mol. The van der Waals surface area contributed by atoms with Gasteiger partial charge in [0.15, 0.2) is 12.1 Å². The first-order chi connectivity index (χ1) is 25.4. The Morgan fingerprint density at radius 3 is 1.25 bits per heavy atom. The van der Waals surface area contributed by atoms with E-state index in [9.17, 15) is 55.3 Å². The number of azo groups is 2. The van der Waals surface area contributed by atoms with Crippen molar-refractivity contribution in [3.8, 4) is 0 Å². The molecule has 0 aliphatic heterocycles. The number of aryl methyl sites for hydroxylation is 2. The topological polar surface area (TPSA) is 273 Å². The predicted octanol–water partition coefficient (Wildman–Crippen LogP) is -0.442. The number of aliphatic carboxylic acids is 2. The van der Waals surface area contributed by atoms with Crippen LogP contribution < -0.4 is 59.1 Å². The molecule has 16 nitrogen and oxygen atoms in total. The van der Waals surface area contributed by atoms with Crippen LogP contribution in [-0.2, 0) is 39.4 Å². The first kappa shape index (κ1) is 46.0. The second-order valence-corrected chi connectivity index (χ2v) is 14.5. The third kappa shape index (κ3) is 10.5. The van der Waals surface area contributed by atoms with Crippen LogP contribution in [0.1, 0.15) is 45.5 Å². The smallest absolute Gasteiger partial charge is 0.744 e. The summed E-state index contributed by atoms with van der Waals surface area (Å²) in [6, 6.07) is 18.7. The van der Waals surface area contributed by atoms with Crippen LogP contribution in [0.25, 0.3) is 12.2 Å². The van der Waals surface area contributed by atoms with Gasteiger partial charge in [0.1, 0.15) is 42.8 Å². The summed E-state index contributed by atoms with van der Waals surface area (Å²) in [5.41, 5.74) is 1.64. The van der Waals surface area contributed by atoms with E-state index in [1.807, 2.05) is 0 Å². The molecule has 2 atom stereocenters. The third-order valence-corrected chi connectivity index (χ3v) is 9.73. The maximum absolute atomic E-state index is 12.5. The number of hydrogen-bond acceptors (Lipinski definition) is 14. The predicted molar refractivity (Wildman–Crippen MR) is 187 cm³/mol. The molecule has 0 radical (unpaired) electrons. The van der Waals surface area contributed by atoms with E-state index in [-0.39, 0.29) is 70.5 Å². The van der Waals surface area contributed by atoms with E-state index in [4.69, 9.17) is 0 Å². The molecule has 0 spiro atoms. The number of Topliss-reactive ketones (excluding diaryl/α,β-unsaturated/α-hetero) is 2. The van der Waals surface area contributed by atoms with Gasteiger partial charge in [-0.15, -0.1) is 0 Å². The SMILES string of the molecule is Cc1ccc(N=NC2C(=O)C(C(=O)O)=Cc3ccccc32)c(S(=O)(=O)[O-])c1.Cc1ccc(N=NC2C(=O)C(C(=O)O)=Cc3ccccc32)c(S(=O)(=O)[O-])c1.[Na+].[Na+]. The number of fused-ring (bicyclic) bond motifs is 2. The summed E-state index contributed by atoms with van der Waals surface area (Å²) < 4.78 is 68.7. The van der Waals surface area contributed by atoms with E-state index in [1.54, 1.807) is 74.5 Å². The van der Waals surface area contributed by atoms with Crippen molar-refractivity contribution in [1.82, 2.24) is 0 Å². The van der Waals surface area contributed by atoms with Crippen molar-refractivity contribution in [2.24, 2.45) is 20.5 Å². The van der Waals surface area contributed by atoms with Crippen molar-refractivity contribution in [3.63, 3.8) is 0 Å². The van der Waals surface area contributed by atoms with Crippen LogP contribution in [-0.4, -0.2) is 59.7 Å². The average Bonchev–Trinajstić information content (AvgIpc) is 3.10. The molecule has 2 aliphatic carbocycles. The molecule has 2 N–H and O–H groups in total. The van der Waals surface area contributed by atoms with Crippen LogP contribution >= 0.6 is 0 Å². The van der Waals surface area contributed by atoms with Gasteiger partial charge in [-0.2, -0.15) is 20.5 Å². The Morgan fingerprint density at radius 1 is 0.589 bits per heavy atom. The second kappa shape index (κ2) is 18.7. The zero-order valence-electron chi connectivity index (χ0n) is 30.0. The van der Waals surface area contributed by atoms with Crippen molar-refractivity contribution in [2.75, 3.05) is 0 Å². The summed E-state index contributed by atoms with van der Waals surface area (Å²) in [5, 5.41) is 33.8. The largest absolute Gasteiger partial charge is 1.00 e. The molecule has 20 heteroatoms. The monoisotopic (exact) mass is 816 g/mol. The molecule has 0 fully saturated rings. The molecule has 0 saturated heterocycles.